The van der Waals surface area contributed by atoms with Gasteiger partial charge in [-0.05, 0) is 55.0 Å². The normalized spacial score (nSPS) is 14.9. The topological polar surface area (TPSA) is 103 Å². The molecule has 1 N–H and O–H groups in total. The maximum atomic E-state index is 13.1. The van der Waals surface area contributed by atoms with Gasteiger partial charge in [0.25, 0.3) is 11.8 Å². The lowest BCUT2D eigenvalue weighted by Crippen LogP contribution is -2.53. The molecule has 0 radical (unpaired) electrons. The van der Waals surface area contributed by atoms with Crippen molar-refractivity contribution in [2.75, 3.05) is 13.7 Å². The molecule has 0 unspecified atom stereocenters. The molecule has 3 heterocycles. The standard InChI is InChI=1S/C28H25N3O6/c1-35-20-9-11-21(12-10-20)36-15-5-13-30-17-19(23-7-2-3-8-25(23)30)16-24-26(32)29-28(34)31(27(24)33)18-22-6-4-14-37-22/h2-4,6-12,14,16-17H,5,13,15,18H2,1H3,(H,29,32,34)/b24-16-. The molecule has 0 saturated carbocycles. The maximum absolute atomic E-state index is 13.1. The molecule has 37 heavy (non-hydrogen) atoms. The number of methoxy groups -OCH3 is 1. The largest absolute Gasteiger partial charge is 0.497 e. The minimum atomic E-state index is -0.775. The van der Waals surface area contributed by atoms with Crippen molar-refractivity contribution in [2.45, 2.75) is 19.5 Å². The lowest BCUT2D eigenvalue weighted by molar-refractivity contribution is -0.130. The number of fused-ring (bicyclic) bond motifs is 1. The highest BCUT2D eigenvalue weighted by atomic mass is 16.5. The van der Waals surface area contributed by atoms with Crippen molar-refractivity contribution in [2.24, 2.45) is 0 Å². The fraction of sp³-hybridized carbons (Fsp3) is 0.179. The number of furan rings is 1. The Labute approximate surface area is 212 Å². The monoisotopic (exact) mass is 499 g/mol. The van der Waals surface area contributed by atoms with E-state index in [9.17, 15) is 14.4 Å². The zero-order valence-electron chi connectivity index (χ0n) is 20.2. The summed E-state index contributed by atoms with van der Waals surface area (Å²) in [6.07, 6.45) is 5.64. The summed E-state index contributed by atoms with van der Waals surface area (Å²) in [6, 6.07) is 17.7. The van der Waals surface area contributed by atoms with E-state index in [0.29, 0.717) is 24.5 Å². The fourth-order valence-electron chi connectivity index (χ4n) is 4.22. The summed E-state index contributed by atoms with van der Waals surface area (Å²) >= 11 is 0. The van der Waals surface area contributed by atoms with Crippen molar-refractivity contribution in [3.8, 4) is 11.5 Å². The van der Waals surface area contributed by atoms with E-state index in [2.05, 4.69) is 9.88 Å². The van der Waals surface area contributed by atoms with Gasteiger partial charge in [-0.15, -0.1) is 0 Å². The molecule has 0 aliphatic carbocycles. The third-order valence-corrected chi connectivity index (χ3v) is 6.07. The molecule has 188 valence electrons. The first kappa shape index (κ1) is 23.9. The predicted molar refractivity (Wildman–Crippen MR) is 136 cm³/mol. The van der Waals surface area contributed by atoms with Gasteiger partial charge in [-0.2, -0.15) is 0 Å². The summed E-state index contributed by atoms with van der Waals surface area (Å²) < 4.78 is 18.3. The van der Waals surface area contributed by atoms with Crippen LogP contribution >= 0.6 is 0 Å². The number of amides is 4. The maximum Gasteiger partial charge on any atom is 0.331 e. The number of para-hydroxylation sites is 1. The van der Waals surface area contributed by atoms with E-state index >= 15 is 0 Å². The van der Waals surface area contributed by atoms with Gasteiger partial charge in [0.2, 0.25) is 0 Å². The Morgan fingerprint density at radius 3 is 2.51 bits per heavy atom. The molecule has 0 bridgehead atoms. The number of imide groups is 2. The number of barbiturate groups is 1. The number of carbonyl (C=O) groups is 3. The molecule has 9 nitrogen and oxygen atoms in total. The number of rotatable bonds is 9. The SMILES string of the molecule is COc1ccc(OCCCn2cc(/C=C3/C(=O)NC(=O)N(Cc4ccco4)C3=O)c3ccccc32)cc1. The first-order chi connectivity index (χ1) is 18.0. The van der Waals surface area contributed by atoms with E-state index in [1.165, 1.54) is 12.3 Å². The highest BCUT2D eigenvalue weighted by Crippen LogP contribution is 2.26. The molecule has 4 amide bonds. The average molecular weight is 500 g/mol. The van der Waals surface area contributed by atoms with Crippen LogP contribution in [0.3, 0.4) is 0 Å². The third kappa shape index (κ3) is 5.11. The number of nitrogens with zero attached hydrogens (tertiary/aromatic N) is 2. The lowest BCUT2D eigenvalue weighted by atomic mass is 10.1. The van der Waals surface area contributed by atoms with E-state index in [0.717, 1.165) is 33.7 Å². The number of aromatic nitrogens is 1. The molecule has 1 fully saturated rings. The Kier molecular flexibility index (Phi) is 6.76. The van der Waals surface area contributed by atoms with Crippen LogP contribution in [0.2, 0.25) is 0 Å². The van der Waals surface area contributed by atoms with Crippen molar-refractivity contribution in [1.82, 2.24) is 14.8 Å². The third-order valence-electron chi connectivity index (χ3n) is 6.07. The molecule has 1 aliphatic rings. The van der Waals surface area contributed by atoms with Crippen molar-refractivity contribution in [3.05, 3.63) is 90.0 Å². The molecule has 2 aromatic heterocycles. The quantitative estimate of drug-likeness (QED) is 0.208. The number of carbonyl (C=O) groups excluding carboxylic acids is 3. The van der Waals surface area contributed by atoms with Crippen LogP contribution in [0, 0.1) is 0 Å². The van der Waals surface area contributed by atoms with Crippen molar-refractivity contribution in [1.29, 1.82) is 0 Å². The zero-order chi connectivity index (χ0) is 25.8. The molecule has 1 aliphatic heterocycles. The molecule has 1 saturated heterocycles. The minimum absolute atomic E-state index is 0.0712. The number of hydrogen-bond donors (Lipinski definition) is 1. The van der Waals surface area contributed by atoms with Gasteiger partial charge in [0.05, 0.1) is 26.5 Å². The first-order valence-electron chi connectivity index (χ1n) is 11.8. The summed E-state index contributed by atoms with van der Waals surface area (Å²) in [6.45, 7) is 1.11. The number of ether oxygens (including phenoxy) is 2. The number of benzene rings is 2. The van der Waals surface area contributed by atoms with Crippen molar-refractivity contribution in [3.63, 3.8) is 0 Å². The number of urea groups is 1. The summed E-state index contributed by atoms with van der Waals surface area (Å²) in [4.78, 5) is 39.0. The van der Waals surface area contributed by atoms with Gasteiger partial charge in [0, 0.05) is 29.2 Å². The molecular weight excluding hydrogens is 474 g/mol. The Morgan fingerprint density at radius 2 is 1.76 bits per heavy atom. The average Bonchev–Trinajstić information content (AvgIpc) is 3.55. The van der Waals surface area contributed by atoms with E-state index < -0.39 is 17.8 Å². The molecule has 2 aromatic carbocycles. The number of aryl methyl sites for hydroxylation is 1. The van der Waals surface area contributed by atoms with Crippen molar-refractivity contribution < 1.29 is 28.3 Å². The second-order valence-electron chi connectivity index (χ2n) is 8.46. The van der Waals surface area contributed by atoms with E-state index in [1.54, 1.807) is 19.2 Å². The van der Waals surface area contributed by atoms with Crippen LogP contribution in [0.15, 0.2) is 83.1 Å². The zero-order valence-corrected chi connectivity index (χ0v) is 20.2. The van der Waals surface area contributed by atoms with Crippen LogP contribution in [0.4, 0.5) is 4.79 Å². The second kappa shape index (κ2) is 10.4. The van der Waals surface area contributed by atoms with Gasteiger partial charge in [-0.1, -0.05) is 18.2 Å². The summed E-state index contributed by atoms with van der Waals surface area (Å²) in [5.41, 5.74) is 1.56. The molecule has 0 atom stereocenters. The van der Waals surface area contributed by atoms with Gasteiger partial charge in [-0.25, -0.2) is 4.79 Å². The van der Waals surface area contributed by atoms with E-state index in [1.807, 2.05) is 54.7 Å². The van der Waals surface area contributed by atoms with Gasteiger partial charge < -0.3 is 18.5 Å². The molecule has 4 aromatic rings. The smallest absolute Gasteiger partial charge is 0.331 e. The molecular formula is C28H25N3O6. The number of nitrogens with one attached hydrogen (secondary N) is 1. The second-order valence-corrected chi connectivity index (χ2v) is 8.46. The van der Waals surface area contributed by atoms with Crippen LogP contribution in [-0.4, -0.2) is 41.0 Å². The number of hydrogen-bond acceptors (Lipinski definition) is 6. The minimum Gasteiger partial charge on any atom is -0.497 e. The Morgan fingerprint density at radius 1 is 0.973 bits per heavy atom. The highest BCUT2D eigenvalue weighted by molar-refractivity contribution is 6.31. The summed E-state index contributed by atoms with van der Waals surface area (Å²) in [5.74, 6) is 0.571. The van der Waals surface area contributed by atoms with Crippen molar-refractivity contribution >= 4 is 34.8 Å². The summed E-state index contributed by atoms with van der Waals surface area (Å²) in [7, 11) is 1.62. The van der Waals surface area contributed by atoms with Crippen LogP contribution in [0.5, 0.6) is 11.5 Å². The van der Waals surface area contributed by atoms with Gasteiger partial charge in [0.15, 0.2) is 0 Å². The first-order valence-corrected chi connectivity index (χ1v) is 11.8. The highest BCUT2D eigenvalue weighted by Gasteiger charge is 2.36. The van der Waals surface area contributed by atoms with Crippen LogP contribution in [0.25, 0.3) is 17.0 Å². The Balaban J connectivity index is 1.34. The fourth-order valence-corrected chi connectivity index (χ4v) is 4.22. The molecule has 0 spiro atoms. The Hall–Kier alpha value is -4.79. The van der Waals surface area contributed by atoms with Gasteiger partial charge in [-0.3, -0.25) is 19.8 Å². The Bertz CT molecular complexity index is 1470. The molecule has 9 heteroatoms. The van der Waals surface area contributed by atoms with Crippen LogP contribution < -0.4 is 14.8 Å². The molecule has 5 rings (SSSR count). The van der Waals surface area contributed by atoms with Crippen LogP contribution in [-0.2, 0) is 22.7 Å². The van der Waals surface area contributed by atoms with E-state index in [4.69, 9.17) is 13.9 Å². The van der Waals surface area contributed by atoms with Crippen LogP contribution in [0.1, 0.15) is 17.7 Å². The van der Waals surface area contributed by atoms with Gasteiger partial charge in [0.1, 0.15) is 22.8 Å². The predicted octanol–water partition coefficient (Wildman–Crippen LogP) is 4.37. The van der Waals surface area contributed by atoms with E-state index in [-0.39, 0.29) is 12.1 Å². The lowest BCUT2D eigenvalue weighted by Gasteiger charge is -2.25. The summed E-state index contributed by atoms with van der Waals surface area (Å²) in [5, 5.41) is 3.14. The van der Waals surface area contributed by atoms with Gasteiger partial charge >= 0.3 is 6.03 Å².